The molecule has 1 amide bonds. The van der Waals surface area contributed by atoms with Gasteiger partial charge in [-0.05, 0) is 31.9 Å². The predicted octanol–water partition coefficient (Wildman–Crippen LogP) is 2.93. The summed E-state index contributed by atoms with van der Waals surface area (Å²) in [4.78, 5) is 23.8. The van der Waals surface area contributed by atoms with Gasteiger partial charge >= 0.3 is 5.97 Å². The van der Waals surface area contributed by atoms with Crippen LogP contribution in [0.4, 0.5) is 5.69 Å². The highest BCUT2D eigenvalue weighted by Gasteiger charge is 2.35. The van der Waals surface area contributed by atoms with E-state index in [0.29, 0.717) is 44.1 Å². The maximum atomic E-state index is 12.5. The lowest BCUT2D eigenvalue weighted by Gasteiger charge is -2.27. The summed E-state index contributed by atoms with van der Waals surface area (Å²) in [5.41, 5.74) is 0.614. The second-order valence-electron chi connectivity index (χ2n) is 5.90. The molecule has 1 aromatic rings. The van der Waals surface area contributed by atoms with Gasteiger partial charge in [0.1, 0.15) is 12.4 Å². The van der Waals surface area contributed by atoms with E-state index >= 15 is 0 Å². The van der Waals surface area contributed by atoms with Crippen molar-refractivity contribution in [2.45, 2.75) is 32.6 Å². The van der Waals surface area contributed by atoms with Crippen LogP contribution in [0.5, 0.6) is 5.75 Å². The van der Waals surface area contributed by atoms with Crippen molar-refractivity contribution in [3.63, 3.8) is 0 Å². The van der Waals surface area contributed by atoms with Gasteiger partial charge in [-0.15, -0.1) is 0 Å². The number of aliphatic carboxylic acids is 1. The quantitative estimate of drug-likeness (QED) is 0.714. The molecule has 0 bridgehead atoms. The zero-order valence-corrected chi connectivity index (χ0v) is 14.0. The van der Waals surface area contributed by atoms with Crippen molar-refractivity contribution in [1.29, 1.82) is 0 Å². The highest BCUT2D eigenvalue weighted by Crippen LogP contribution is 2.31. The summed E-state index contributed by atoms with van der Waals surface area (Å²) in [5, 5.41) is 12.1. The largest absolute Gasteiger partial charge is 0.491 e. The molecule has 6 nitrogen and oxygen atoms in total. The molecule has 24 heavy (non-hydrogen) atoms. The first-order valence-electron chi connectivity index (χ1n) is 8.46. The van der Waals surface area contributed by atoms with Crippen LogP contribution in [0.3, 0.4) is 0 Å². The molecule has 132 valence electrons. The minimum absolute atomic E-state index is 0.228. The summed E-state index contributed by atoms with van der Waals surface area (Å²) in [6, 6.07) is 7.11. The van der Waals surface area contributed by atoms with Crippen LogP contribution in [0.25, 0.3) is 0 Å². The van der Waals surface area contributed by atoms with E-state index in [4.69, 9.17) is 9.47 Å². The lowest BCUT2D eigenvalue weighted by atomic mass is 9.78. The average Bonchev–Trinajstić information content (AvgIpc) is 2.59. The van der Waals surface area contributed by atoms with E-state index < -0.39 is 17.8 Å². The van der Waals surface area contributed by atoms with Gasteiger partial charge in [0.2, 0.25) is 5.91 Å². The van der Waals surface area contributed by atoms with Crippen molar-refractivity contribution in [1.82, 2.24) is 0 Å². The van der Waals surface area contributed by atoms with E-state index in [1.165, 1.54) is 0 Å². The van der Waals surface area contributed by atoms with Crippen molar-refractivity contribution in [3.05, 3.63) is 24.3 Å². The van der Waals surface area contributed by atoms with Gasteiger partial charge in [0, 0.05) is 18.4 Å². The van der Waals surface area contributed by atoms with Crippen LogP contribution in [-0.2, 0) is 14.3 Å². The first-order chi connectivity index (χ1) is 11.6. The molecule has 0 heterocycles. The fourth-order valence-corrected chi connectivity index (χ4v) is 3.00. The maximum absolute atomic E-state index is 12.5. The van der Waals surface area contributed by atoms with Crippen molar-refractivity contribution in [3.8, 4) is 5.75 Å². The second-order valence-corrected chi connectivity index (χ2v) is 5.90. The molecule has 0 unspecified atom stereocenters. The summed E-state index contributed by atoms with van der Waals surface area (Å²) in [6.07, 6.45) is 2.94. The summed E-state index contributed by atoms with van der Waals surface area (Å²) >= 11 is 0. The molecule has 1 aliphatic carbocycles. The molecular weight excluding hydrogens is 310 g/mol. The molecule has 0 saturated heterocycles. The smallest absolute Gasteiger partial charge is 0.307 e. The van der Waals surface area contributed by atoms with Gasteiger partial charge in [0.15, 0.2) is 0 Å². The Balaban J connectivity index is 1.94. The minimum Gasteiger partial charge on any atom is -0.491 e. The minimum atomic E-state index is -0.886. The summed E-state index contributed by atoms with van der Waals surface area (Å²) in [5.74, 6) is -1.54. The Labute approximate surface area is 142 Å². The predicted molar refractivity (Wildman–Crippen MR) is 90.1 cm³/mol. The second kappa shape index (κ2) is 9.27. The third kappa shape index (κ3) is 5.23. The lowest BCUT2D eigenvalue weighted by Crippen LogP contribution is -2.36. The van der Waals surface area contributed by atoms with Crippen molar-refractivity contribution in [2.75, 3.05) is 25.1 Å². The topological polar surface area (TPSA) is 84.9 Å². The zero-order valence-electron chi connectivity index (χ0n) is 14.0. The summed E-state index contributed by atoms with van der Waals surface area (Å²) in [7, 11) is 0. The van der Waals surface area contributed by atoms with E-state index in [9.17, 15) is 14.7 Å². The number of benzene rings is 1. The Morgan fingerprint density at radius 3 is 2.67 bits per heavy atom. The molecule has 2 N–H and O–H groups in total. The monoisotopic (exact) mass is 335 g/mol. The number of carboxylic acid groups (broad SMARTS) is 1. The highest BCUT2D eigenvalue weighted by atomic mass is 16.5. The SMILES string of the molecule is CCOCCOc1cccc(NC(=O)[C@H]2CCCC[C@@H]2C(=O)O)c1. The molecule has 0 aliphatic heterocycles. The number of amides is 1. The molecule has 1 fully saturated rings. The molecule has 2 rings (SSSR count). The first-order valence-corrected chi connectivity index (χ1v) is 8.46. The fraction of sp³-hybridized carbons (Fsp3) is 0.556. The van der Waals surface area contributed by atoms with Crippen LogP contribution in [0.1, 0.15) is 32.6 Å². The third-order valence-electron chi connectivity index (χ3n) is 4.22. The molecule has 1 aliphatic rings. The van der Waals surface area contributed by atoms with Gasteiger partial charge < -0.3 is 19.9 Å². The van der Waals surface area contributed by atoms with Crippen molar-refractivity contribution in [2.24, 2.45) is 11.8 Å². The van der Waals surface area contributed by atoms with Crippen LogP contribution >= 0.6 is 0 Å². The van der Waals surface area contributed by atoms with E-state index in [0.717, 1.165) is 12.8 Å². The number of anilines is 1. The highest BCUT2D eigenvalue weighted by molar-refractivity contribution is 5.95. The Morgan fingerprint density at radius 1 is 1.21 bits per heavy atom. The number of carbonyl (C=O) groups is 2. The molecule has 0 radical (unpaired) electrons. The number of rotatable bonds is 8. The average molecular weight is 335 g/mol. The van der Waals surface area contributed by atoms with Crippen molar-refractivity contribution >= 4 is 17.6 Å². The Bertz CT molecular complexity index is 560. The van der Waals surface area contributed by atoms with Gasteiger partial charge in [-0.1, -0.05) is 18.9 Å². The van der Waals surface area contributed by atoms with Gasteiger partial charge in [-0.3, -0.25) is 9.59 Å². The number of hydrogen-bond donors (Lipinski definition) is 2. The molecule has 0 aromatic heterocycles. The van der Waals surface area contributed by atoms with Gasteiger partial charge in [0.05, 0.1) is 18.4 Å². The molecule has 6 heteroatoms. The number of carbonyl (C=O) groups excluding carboxylic acids is 1. The number of nitrogens with one attached hydrogen (secondary N) is 1. The van der Waals surface area contributed by atoms with Crippen LogP contribution in [-0.4, -0.2) is 36.8 Å². The van der Waals surface area contributed by atoms with E-state index in [1.54, 1.807) is 18.2 Å². The lowest BCUT2D eigenvalue weighted by molar-refractivity contribution is -0.147. The first kappa shape index (κ1) is 18.3. The van der Waals surface area contributed by atoms with E-state index in [-0.39, 0.29) is 5.91 Å². The zero-order chi connectivity index (χ0) is 17.4. The number of hydrogen-bond acceptors (Lipinski definition) is 4. The number of carboxylic acids is 1. The van der Waals surface area contributed by atoms with Gasteiger partial charge in [-0.2, -0.15) is 0 Å². The normalized spacial score (nSPS) is 20.4. The summed E-state index contributed by atoms with van der Waals surface area (Å²) < 4.78 is 10.8. The van der Waals surface area contributed by atoms with Crippen LogP contribution in [0.15, 0.2) is 24.3 Å². The van der Waals surface area contributed by atoms with E-state index in [1.807, 2.05) is 13.0 Å². The van der Waals surface area contributed by atoms with Gasteiger partial charge in [-0.25, -0.2) is 0 Å². The Morgan fingerprint density at radius 2 is 1.96 bits per heavy atom. The summed E-state index contributed by atoms with van der Waals surface area (Å²) in [6.45, 7) is 3.52. The van der Waals surface area contributed by atoms with Crippen molar-refractivity contribution < 1.29 is 24.2 Å². The molecule has 0 spiro atoms. The number of ether oxygens (including phenoxy) is 2. The van der Waals surface area contributed by atoms with Crippen LogP contribution in [0.2, 0.25) is 0 Å². The fourth-order valence-electron chi connectivity index (χ4n) is 3.00. The molecule has 2 atom stereocenters. The maximum Gasteiger partial charge on any atom is 0.307 e. The Kier molecular flexibility index (Phi) is 7.06. The molecule has 1 aromatic carbocycles. The molecule has 1 saturated carbocycles. The molecular formula is C18H25NO5. The third-order valence-corrected chi connectivity index (χ3v) is 4.22. The van der Waals surface area contributed by atoms with Crippen LogP contribution in [0, 0.1) is 11.8 Å². The standard InChI is InChI=1S/C18H25NO5/c1-2-23-10-11-24-14-7-5-6-13(12-14)19-17(20)15-8-3-4-9-16(15)18(21)22/h5-7,12,15-16H,2-4,8-11H2,1H3,(H,19,20)(H,21,22)/t15-,16-/m0/s1. The van der Waals surface area contributed by atoms with Gasteiger partial charge in [0.25, 0.3) is 0 Å². The van der Waals surface area contributed by atoms with E-state index in [2.05, 4.69) is 5.32 Å². The Hall–Kier alpha value is -2.08. The van der Waals surface area contributed by atoms with Crippen LogP contribution < -0.4 is 10.1 Å².